The highest BCUT2D eigenvalue weighted by Gasteiger charge is 2.69. The molecule has 2 saturated carbocycles. The van der Waals surface area contributed by atoms with Crippen LogP contribution >= 0.6 is 23.1 Å². The minimum absolute atomic E-state index is 0.00197. The van der Waals surface area contributed by atoms with Gasteiger partial charge < -0.3 is 20.1 Å². The van der Waals surface area contributed by atoms with E-state index in [4.69, 9.17) is 4.74 Å². The molecule has 14 heteroatoms. The van der Waals surface area contributed by atoms with E-state index >= 15 is 0 Å². The first-order chi connectivity index (χ1) is 21.5. The molecule has 3 heterocycles. The Morgan fingerprint density at radius 3 is 2.60 bits per heavy atom. The molecule has 7 rings (SSSR count). The maximum atomic E-state index is 13.8. The number of aromatic hydroxyl groups is 1. The highest BCUT2D eigenvalue weighted by Crippen LogP contribution is 2.68. The van der Waals surface area contributed by atoms with Crippen LogP contribution in [0.3, 0.4) is 0 Å². The van der Waals surface area contributed by atoms with Gasteiger partial charge in [-0.3, -0.25) is 24.1 Å². The zero-order valence-corrected chi connectivity index (χ0v) is 25.4. The van der Waals surface area contributed by atoms with Crippen molar-refractivity contribution >= 4 is 46.5 Å². The van der Waals surface area contributed by atoms with Crippen molar-refractivity contribution < 1.29 is 37.4 Å². The average molecular weight is 660 g/mol. The van der Waals surface area contributed by atoms with Crippen LogP contribution in [0.15, 0.2) is 52.3 Å². The van der Waals surface area contributed by atoms with E-state index in [-0.39, 0.29) is 70.0 Å². The van der Waals surface area contributed by atoms with Crippen molar-refractivity contribution in [1.82, 2.24) is 9.88 Å². The van der Waals surface area contributed by atoms with Crippen LogP contribution in [0.1, 0.15) is 41.7 Å². The molecule has 1 aromatic heterocycles. The van der Waals surface area contributed by atoms with Crippen molar-refractivity contribution in [1.29, 1.82) is 0 Å². The minimum atomic E-state index is -4.56. The first-order valence-corrected chi connectivity index (χ1v) is 16.3. The number of imide groups is 1. The van der Waals surface area contributed by atoms with Crippen molar-refractivity contribution in [3.63, 3.8) is 0 Å². The molecule has 9 nitrogen and oxygen atoms in total. The molecule has 2 bridgehead atoms. The number of thiazole rings is 1. The quantitative estimate of drug-likeness (QED) is 0.303. The molecule has 3 amide bonds. The number of hydrogen-bond acceptors (Lipinski definition) is 8. The Morgan fingerprint density at radius 1 is 1.11 bits per heavy atom. The maximum absolute atomic E-state index is 13.8. The monoisotopic (exact) mass is 659 g/mol. The Hall–Kier alpha value is -3.78. The number of aromatic nitrogens is 1. The second kappa shape index (κ2) is 10.9. The molecule has 7 atom stereocenters. The molecule has 2 aliphatic carbocycles. The van der Waals surface area contributed by atoms with Gasteiger partial charge in [0.05, 0.1) is 29.0 Å². The third kappa shape index (κ3) is 4.93. The predicted molar refractivity (Wildman–Crippen MR) is 159 cm³/mol. The maximum Gasteiger partial charge on any atom is 0.416 e. The molecule has 3 aromatic rings. The van der Waals surface area contributed by atoms with Gasteiger partial charge in [0, 0.05) is 34.7 Å². The zero-order chi connectivity index (χ0) is 31.8. The molecule has 236 valence electrons. The van der Waals surface area contributed by atoms with Gasteiger partial charge in [-0.05, 0) is 67.0 Å². The van der Waals surface area contributed by atoms with E-state index in [2.05, 4.69) is 10.3 Å². The van der Waals surface area contributed by atoms with Gasteiger partial charge >= 0.3 is 11.0 Å². The van der Waals surface area contributed by atoms with E-state index < -0.39 is 29.5 Å². The summed E-state index contributed by atoms with van der Waals surface area (Å²) in [6.07, 6.45) is -4.13. The van der Waals surface area contributed by atoms with E-state index in [9.17, 15) is 37.5 Å². The highest BCUT2D eigenvalue weighted by molar-refractivity contribution is 8.00. The number of ether oxygens (including phenoxy) is 1. The van der Waals surface area contributed by atoms with Crippen LogP contribution in [0.25, 0.3) is 0 Å². The van der Waals surface area contributed by atoms with E-state index in [1.54, 1.807) is 23.9 Å². The lowest BCUT2D eigenvalue weighted by Gasteiger charge is -2.43. The summed E-state index contributed by atoms with van der Waals surface area (Å²) >= 11 is 2.68. The van der Waals surface area contributed by atoms with Crippen LogP contribution in [-0.4, -0.2) is 51.1 Å². The lowest BCUT2D eigenvalue weighted by molar-refractivity contribution is -0.141. The first kappa shape index (κ1) is 29.9. The van der Waals surface area contributed by atoms with Crippen LogP contribution in [0.4, 0.5) is 18.9 Å². The number of nitrogens with one attached hydrogen (secondary N) is 2. The number of carbonyl (C=O) groups excluding carboxylic acids is 3. The molecule has 45 heavy (non-hydrogen) atoms. The third-order valence-corrected chi connectivity index (χ3v) is 12.1. The van der Waals surface area contributed by atoms with Crippen molar-refractivity contribution in [2.75, 3.05) is 18.5 Å². The van der Waals surface area contributed by atoms with Gasteiger partial charge in [-0.1, -0.05) is 23.5 Å². The zero-order valence-electron chi connectivity index (χ0n) is 23.8. The fourth-order valence-corrected chi connectivity index (χ4v) is 10.8. The van der Waals surface area contributed by atoms with Gasteiger partial charge in [-0.15, -0.1) is 11.8 Å². The number of carbonyl (C=O) groups is 3. The number of anilines is 1. The predicted octanol–water partition coefficient (Wildman–Crippen LogP) is 5.06. The molecule has 0 spiro atoms. The fourth-order valence-electron chi connectivity index (χ4n) is 7.88. The number of likely N-dealkylation sites (tertiary alicyclic amines) is 1. The van der Waals surface area contributed by atoms with E-state index in [1.165, 1.54) is 12.1 Å². The number of thioether (sulfide) groups is 1. The largest absolute Gasteiger partial charge is 0.504 e. The smallest absolute Gasteiger partial charge is 0.416 e. The molecule has 2 aliphatic heterocycles. The third-order valence-electron chi connectivity index (χ3n) is 9.49. The lowest BCUT2D eigenvalue weighted by atomic mass is 9.68. The number of phenolic OH excluding ortho intramolecular Hbond substituents is 1. The van der Waals surface area contributed by atoms with Crippen LogP contribution in [-0.2, 0) is 20.6 Å². The van der Waals surface area contributed by atoms with Gasteiger partial charge in [-0.2, -0.15) is 13.2 Å². The molecule has 1 saturated heterocycles. The second-order valence-corrected chi connectivity index (χ2v) is 14.0. The van der Waals surface area contributed by atoms with Crippen molar-refractivity contribution in [3.05, 3.63) is 68.1 Å². The topological polar surface area (TPSA) is 129 Å². The molecule has 3 fully saturated rings. The summed E-state index contributed by atoms with van der Waals surface area (Å²) in [6, 6.07) is 9.43. The number of fused-ring (bicyclic) bond motifs is 9. The second-order valence-electron chi connectivity index (χ2n) is 11.8. The number of rotatable bonds is 7. The van der Waals surface area contributed by atoms with Gasteiger partial charge in [-0.25, -0.2) is 0 Å². The summed E-state index contributed by atoms with van der Waals surface area (Å²) < 4.78 is 44.9. The van der Waals surface area contributed by atoms with Crippen LogP contribution in [0, 0.1) is 29.6 Å². The SMILES string of the molecule is CCOc1cc(C2c3sc(=O)[nH]c3SC3C4CC(C5C(=O)N(CCC(=O)Nc6cccc(C(F)(F)F)c6)C(=O)C45)C23)ccc1O. The summed E-state index contributed by atoms with van der Waals surface area (Å²) in [6.45, 7) is 2.00. The number of amides is 3. The summed E-state index contributed by atoms with van der Waals surface area (Å²) in [4.78, 5) is 57.4. The number of alkyl halides is 3. The molecule has 3 N–H and O–H groups in total. The Kier molecular flexibility index (Phi) is 7.27. The van der Waals surface area contributed by atoms with E-state index in [1.807, 2.05) is 13.0 Å². The molecule has 7 unspecified atom stereocenters. The molecule has 4 aliphatic rings. The summed E-state index contributed by atoms with van der Waals surface area (Å²) in [5.74, 6) is -2.58. The van der Waals surface area contributed by atoms with Crippen LogP contribution < -0.4 is 14.9 Å². The molecule has 0 radical (unpaired) electrons. The number of aromatic amines is 1. The van der Waals surface area contributed by atoms with Crippen molar-refractivity contribution in [3.8, 4) is 11.5 Å². The Balaban J connectivity index is 1.12. The fraction of sp³-hybridized carbons (Fsp3) is 0.419. The van der Waals surface area contributed by atoms with Crippen LogP contribution in [0.5, 0.6) is 11.5 Å². The van der Waals surface area contributed by atoms with Crippen molar-refractivity contribution in [2.45, 2.75) is 42.1 Å². The minimum Gasteiger partial charge on any atom is -0.504 e. The Morgan fingerprint density at radius 2 is 1.87 bits per heavy atom. The standard InChI is InChI=1S/C31H28F3N3O6S2/c1-2-43-19-10-13(6-7-18(19)38)21-22-16-12-17(25(22)44-27-26(21)45-30(42)36-27)24-23(16)28(40)37(29(24)41)9-8-20(39)35-15-5-3-4-14(11-15)31(32,33)34/h3-7,10-11,16-17,21-25,38H,2,8-9,12H2,1H3,(H,35,39)(H,36,42). The number of nitrogens with zero attached hydrogens (tertiary/aromatic N) is 1. The first-order valence-electron chi connectivity index (χ1n) is 14.6. The summed E-state index contributed by atoms with van der Waals surface area (Å²) in [5, 5.41) is 13.5. The molecular weight excluding hydrogens is 631 g/mol. The Bertz CT molecular complexity index is 1770. The highest BCUT2D eigenvalue weighted by atomic mass is 32.2. The lowest BCUT2D eigenvalue weighted by Crippen LogP contribution is -2.42. The van der Waals surface area contributed by atoms with Gasteiger partial charge in [0.2, 0.25) is 17.7 Å². The molecular formula is C31H28F3N3O6S2. The van der Waals surface area contributed by atoms with Gasteiger partial charge in [0.1, 0.15) is 0 Å². The number of H-pyrrole nitrogens is 1. The normalized spacial score (nSPS) is 28.2. The van der Waals surface area contributed by atoms with Gasteiger partial charge in [0.15, 0.2) is 11.5 Å². The number of halogens is 3. The van der Waals surface area contributed by atoms with E-state index in [0.717, 1.165) is 43.8 Å². The van der Waals surface area contributed by atoms with Crippen molar-refractivity contribution in [2.24, 2.45) is 29.6 Å². The van der Waals surface area contributed by atoms with Gasteiger partial charge in [0.25, 0.3) is 0 Å². The number of benzene rings is 2. The number of phenols is 1. The van der Waals surface area contributed by atoms with Crippen LogP contribution in [0.2, 0.25) is 0 Å². The molecule has 2 aromatic carbocycles. The summed E-state index contributed by atoms with van der Waals surface area (Å²) in [7, 11) is 0. The summed E-state index contributed by atoms with van der Waals surface area (Å²) in [5.41, 5.74) is -0.0683. The number of hydrogen-bond donors (Lipinski definition) is 3. The Labute approximate surface area is 263 Å². The van der Waals surface area contributed by atoms with E-state index in [0.29, 0.717) is 18.8 Å². The average Bonchev–Trinajstić information content (AvgIpc) is 3.72.